The maximum atomic E-state index is 12.6. The lowest BCUT2D eigenvalue weighted by atomic mass is 9.95. The van der Waals surface area contributed by atoms with E-state index in [4.69, 9.17) is 15.2 Å². The summed E-state index contributed by atoms with van der Waals surface area (Å²) in [5.74, 6) is -0.274. The average Bonchev–Trinajstić information content (AvgIpc) is 2.56. The standard InChI is InChI=1S/C17H32N4O4/c1-20(2)8-10-25-15-5-9-24-12-14(15)19-17(23)13-3-6-21(7-4-13)11-16(18)22/h13-15H,3-12H2,1-2H3,(H2,18,22)(H,19,23)/t14-,15+/m1/s1. The molecular weight excluding hydrogens is 324 g/mol. The fraction of sp³-hybridized carbons (Fsp3) is 0.882. The van der Waals surface area contributed by atoms with Gasteiger partial charge in [0.15, 0.2) is 0 Å². The zero-order valence-corrected chi connectivity index (χ0v) is 15.4. The second kappa shape index (κ2) is 10.1. The third kappa shape index (κ3) is 6.89. The van der Waals surface area contributed by atoms with Gasteiger partial charge in [0.2, 0.25) is 11.8 Å². The molecule has 0 unspecified atom stereocenters. The van der Waals surface area contributed by atoms with Crippen molar-refractivity contribution in [3.8, 4) is 0 Å². The number of rotatable bonds is 8. The highest BCUT2D eigenvalue weighted by molar-refractivity contribution is 5.79. The highest BCUT2D eigenvalue weighted by Crippen LogP contribution is 2.19. The number of likely N-dealkylation sites (tertiary alicyclic amines) is 1. The van der Waals surface area contributed by atoms with Gasteiger partial charge in [0, 0.05) is 19.1 Å². The Morgan fingerprint density at radius 3 is 2.64 bits per heavy atom. The van der Waals surface area contributed by atoms with Crippen LogP contribution in [0.3, 0.4) is 0 Å². The van der Waals surface area contributed by atoms with Gasteiger partial charge in [0.25, 0.3) is 0 Å². The van der Waals surface area contributed by atoms with E-state index in [0.717, 1.165) is 38.9 Å². The number of carbonyl (C=O) groups excluding carboxylic acids is 2. The number of hydrogen-bond donors (Lipinski definition) is 2. The molecule has 0 spiro atoms. The molecular formula is C17H32N4O4. The van der Waals surface area contributed by atoms with Crippen LogP contribution in [0.15, 0.2) is 0 Å². The highest BCUT2D eigenvalue weighted by atomic mass is 16.5. The van der Waals surface area contributed by atoms with Crippen LogP contribution >= 0.6 is 0 Å². The normalized spacial score (nSPS) is 25.9. The van der Waals surface area contributed by atoms with Gasteiger partial charge >= 0.3 is 0 Å². The first-order valence-electron chi connectivity index (χ1n) is 9.11. The van der Waals surface area contributed by atoms with Crippen molar-refractivity contribution < 1.29 is 19.1 Å². The molecule has 144 valence electrons. The highest BCUT2D eigenvalue weighted by Gasteiger charge is 2.31. The van der Waals surface area contributed by atoms with Gasteiger partial charge in [-0.25, -0.2) is 0 Å². The Kier molecular flexibility index (Phi) is 8.08. The molecule has 0 aromatic rings. The minimum atomic E-state index is -0.319. The lowest BCUT2D eigenvalue weighted by Gasteiger charge is -2.35. The number of piperidine rings is 1. The van der Waals surface area contributed by atoms with Gasteiger partial charge in [-0.1, -0.05) is 0 Å². The first kappa shape index (κ1) is 20.1. The smallest absolute Gasteiger partial charge is 0.231 e. The Morgan fingerprint density at radius 1 is 1.28 bits per heavy atom. The molecule has 2 rings (SSSR count). The van der Waals surface area contributed by atoms with E-state index in [1.165, 1.54) is 0 Å². The van der Waals surface area contributed by atoms with Crippen molar-refractivity contribution in [1.29, 1.82) is 0 Å². The number of primary amides is 1. The zero-order valence-electron chi connectivity index (χ0n) is 15.4. The molecule has 25 heavy (non-hydrogen) atoms. The van der Waals surface area contributed by atoms with Crippen LogP contribution < -0.4 is 11.1 Å². The molecule has 0 saturated carbocycles. The van der Waals surface area contributed by atoms with Crippen molar-refractivity contribution in [3.05, 3.63) is 0 Å². The summed E-state index contributed by atoms with van der Waals surface area (Å²) in [5, 5.41) is 3.12. The monoisotopic (exact) mass is 356 g/mol. The number of amides is 2. The summed E-state index contributed by atoms with van der Waals surface area (Å²) in [6.07, 6.45) is 2.31. The molecule has 2 aliphatic rings. The van der Waals surface area contributed by atoms with E-state index < -0.39 is 0 Å². The molecule has 0 aromatic heterocycles. The summed E-state index contributed by atoms with van der Waals surface area (Å²) in [6, 6.07) is -0.0907. The van der Waals surface area contributed by atoms with E-state index in [-0.39, 0.29) is 36.4 Å². The Balaban J connectivity index is 1.76. The zero-order chi connectivity index (χ0) is 18.2. The summed E-state index contributed by atoms with van der Waals surface area (Å²) in [7, 11) is 4.02. The molecule has 2 aliphatic heterocycles. The van der Waals surface area contributed by atoms with E-state index in [2.05, 4.69) is 10.2 Å². The topological polar surface area (TPSA) is 97.1 Å². The Labute approximate surface area is 150 Å². The van der Waals surface area contributed by atoms with Crippen LogP contribution in [0.2, 0.25) is 0 Å². The average molecular weight is 356 g/mol. The van der Waals surface area contributed by atoms with Gasteiger partial charge in [0.1, 0.15) is 0 Å². The minimum Gasteiger partial charge on any atom is -0.379 e. The van der Waals surface area contributed by atoms with E-state index in [9.17, 15) is 9.59 Å². The second-order valence-corrected chi connectivity index (χ2v) is 7.21. The molecule has 2 atom stereocenters. The van der Waals surface area contributed by atoms with E-state index >= 15 is 0 Å². The Morgan fingerprint density at radius 2 is 2.00 bits per heavy atom. The van der Waals surface area contributed by atoms with Crippen LogP contribution in [0.4, 0.5) is 0 Å². The van der Waals surface area contributed by atoms with Crippen LogP contribution in [0.1, 0.15) is 19.3 Å². The van der Waals surface area contributed by atoms with Crippen LogP contribution in [-0.2, 0) is 19.1 Å². The maximum Gasteiger partial charge on any atom is 0.231 e. The quantitative estimate of drug-likeness (QED) is 0.581. The number of hydrogen-bond acceptors (Lipinski definition) is 6. The molecule has 2 fully saturated rings. The van der Waals surface area contributed by atoms with Crippen molar-refractivity contribution >= 4 is 11.8 Å². The third-order valence-electron chi connectivity index (χ3n) is 4.83. The minimum absolute atomic E-state index is 0.00704. The van der Waals surface area contributed by atoms with Gasteiger partial charge in [0.05, 0.1) is 31.9 Å². The van der Waals surface area contributed by atoms with Crippen molar-refractivity contribution in [2.24, 2.45) is 11.7 Å². The molecule has 8 heteroatoms. The van der Waals surface area contributed by atoms with Crippen molar-refractivity contribution in [2.75, 3.05) is 60.1 Å². The van der Waals surface area contributed by atoms with Gasteiger partial charge in [-0.2, -0.15) is 0 Å². The van der Waals surface area contributed by atoms with Crippen molar-refractivity contribution in [1.82, 2.24) is 15.1 Å². The summed E-state index contributed by atoms with van der Waals surface area (Å²) in [6.45, 7) is 4.40. The van der Waals surface area contributed by atoms with Gasteiger partial charge < -0.3 is 25.4 Å². The Hall–Kier alpha value is -1.22. The van der Waals surface area contributed by atoms with Gasteiger partial charge in [-0.15, -0.1) is 0 Å². The van der Waals surface area contributed by atoms with E-state index in [1.807, 2.05) is 19.0 Å². The number of nitrogens with two attached hydrogens (primary N) is 1. The van der Waals surface area contributed by atoms with Gasteiger partial charge in [-0.05, 0) is 46.4 Å². The van der Waals surface area contributed by atoms with Crippen molar-refractivity contribution in [3.63, 3.8) is 0 Å². The fourth-order valence-electron chi connectivity index (χ4n) is 3.31. The number of nitrogens with zero attached hydrogens (tertiary/aromatic N) is 2. The number of ether oxygens (including phenoxy) is 2. The third-order valence-corrected chi connectivity index (χ3v) is 4.83. The number of nitrogens with one attached hydrogen (secondary N) is 1. The largest absolute Gasteiger partial charge is 0.379 e. The summed E-state index contributed by atoms with van der Waals surface area (Å²) >= 11 is 0. The predicted octanol–water partition coefficient (Wildman–Crippen LogP) is -0.964. The molecule has 2 heterocycles. The van der Waals surface area contributed by atoms with Crippen molar-refractivity contribution in [2.45, 2.75) is 31.4 Å². The Bertz CT molecular complexity index is 438. The lowest BCUT2D eigenvalue weighted by molar-refractivity contribution is -0.131. The first-order valence-corrected chi connectivity index (χ1v) is 9.11. The summed E-state index contributed by atoms with van der Waals surface area (Å²) in [4.78, 5) is 27.6. The summed E-state index contributed by atoms with van der Waals surface area (Å²) < 4.78 is 11.5. The molecule has 2 saturated heterocycles. The lowest BCUT2D eigenvalue weighted by Crippen LogP contribution is -2.53. The van der Waals surface area contributed by atoms with E-state index in [0.29, 0.717) is 19.8 Å². The molecule has 0 aromatic carbocycles. The molecule has 8 nitrogen and oxygen atoms in total. The van der Waals surface area contributed by atoms with E-state index in [1.54, 1.807) is 0 Å². The number of likely N-dealkylation sites (N-methyl/N-ethyl adjacent to an activating group) is 1. The molecule has 0 aliphatic carbocycles. The van der Waals surface area contributed by atoms with Crippen LogP contribution in [0.5, 0.6) is 0 Å². The van der Waals surface area contributed by atoms with Crippen LogP contribution in [0, 0.1) is 5.92 Å². The summed E-state index contributed by atoms with van der Waals surface area (Å²) in [5.41, 5.74) is 5.22. The maximum absolute atomic E-state index is 12.6. The SMILES string of the molecule is CN(C)CCO[C@H]1CCOC[C@H]1NC(=O)C1CCN(CC(N)=O)CC1. The van der Waals surface area contributed by atoms with Crippen LogP contribution in [-0.4, -0.2) is 93.9 Å². The first-order chi connectivity index (χ1) is 12.0. The molecule has 3 N–H and O–H groups in total. The fourth-order valence-corrected chi connectivity index (χ4v) is 3.31. The number of carbonyl (C=O) groups is 2. The molecule has 0 radical (unpaired) electrons. The molecule has 2 amide bonds. The molecule has 0 bridgehead atoms. The second-order valence-electron chi connectivity index (χ2n) is 7.21. The predicted molar refractivity (Wildman–Crippen MR) is 94.0 cm³/mol. The van der Waals surface area contributed by atoms with Gasteiger partial charge in [-0.3, -0.25) is 14.5 Å². The van der Waals surface area contributed by atoms with Crippen LogP contribution in [0.25, 0.3) is 0 Å².